The van der Waals surface area contributed by atoms with Gasteiger partial charge in [0.25, 0.3) is 11.9 Å². The first-order valence-corrected chi connectivity index (χ1v) is 4.34. The molecule has 4 heteroatoms. The largest absolute Gasteiger partial charge is 0.451 e. The maximum Gasteiger partial charge on any atom is 0.291 e. The van der Waals surface area contributed by atoms with E-state index in [2.05, 4.69) is 4.99 Å². The standard InChI is InChI=1S/C10H10N2O2/c11-10-12-9(13)8(14-10)6-7-4-2-1-3-5-7/h1-5,8H,6H2,(H2,11,12,13)/t8-/m1/s1. The average molecular weight is 190 g/mol. The third-order valence-corrected chi connectivity index (χ3v) is 2.02. The van der Waals surface area contributed by atoms with Crippen LogP contribution in [-0.2, 0) is 16.0 Å². The Kier molecular flexibility index (Phi) is 2.18. The predicted octanol–water partition coefficient (Wildman–Crippen LogP) is 0.469. The first kappa shape index (κ1) is 8.74. The van der Waals surface area contributed by atoms with Crippen molar-refractivity contribution in [3.8, 4) is 0 Å². The minimum atomic E-state index is -0.544. The highest BCUT2D eigenvalue weighted by Gasteiger charge is 2.27. The van der Waals surface area contributed by atoms with Crippen molar-refractivity contribution >= 4 is 11.9 Å². The van der Waals surface area contributed by atoms with Gasteiger partial charge in [0.2, 0.25) is 0 Å². The summed E-state index contributed by atoms with van der Waals surface area (Å²) in [6, 6.07) is 9.59. The lowest BCUT2D eigenvalue weighted by atomic mass is 10.1. The van der Waals surface area contributed by atoms with Crippen molar-refractivity contribution in [2.75, 3.05) is 0 Å². The number of ether oxygens (including phenoxy) is 1. The third kappa shape index (κ3) is 1.74. The maximum atomic E-state index is 11.2. The van der Waals surface area contributed by atoms with Gasteiger partial charge in [-0.1, -0.05) is 30.3 Å². The molecule has 0 unspecified atom stereocenters. The van der Waals surface area contributed by atoms with Crippen LogP contribution in [0.1, 0.15) is 5.56 Å². The summed E-state index contributed by atoms with van der Waals surface area (Å²) in [4.78, 5) is 14.7. The van der Waals surface area contributed by atoms with Crippen molar-refractivity contribution in [1.29, 1.82) is 0 Å². The lowest BCUT2D eigenvalue weighted by Crippen LogP contribution is -2.22. The molecule has 0 bridgehead atoms. The van der Waals surface area contributed by atoms with E-state index in [1.165, 1.54) is 0 Å². The fraction of sp³-hybridized carbons (Fsp3) is 0.200. The molecule has 14 heavy (non-hydrogen) atoms. The molecule has 2 N–H and O–H groups in total. The molecule has 0 saturated carbocycles. The molecule has 1 aliphatic heterocycles. The maximum absolute atomic E-state index is 11.2. The Hall–Kier alpha value is -1.84. The molecule has 1 atom stereocenters. The van der Waals surface area contributed by atoms with Crippen LogP contribution in [0.25, 0.3) is 0 Å². The summed E-state index contributed by atoms with van der Waals surface area (Å²) < 4.78 is 5.06. The van der Waals surface area contributed by atoms with E-state index in [-0.39, 0.29) is 11.9 Å². The van der Waals surface area contributed by atoms with Gasteiger partial charge in [0, 0.05) is 6.42 Å². The van der Waals surface area contributed by atoms with Crippen molar-refractivity contribution in [2.24, 2.45) is 10.7 Å². The Morgan fingerprint density at radius 1 is 1.36 bits per heavy atom. The van der Waals surface area contributed by atoms with Crippen LogP contribution >= 0.6 is 0 Å². The zero-order chi connectivity index (χ0) is 9.97. The molecule has 0 radical (unpaired) electrons. The fourth-order valence-electron chi connectivity index (χ4n) is 1.36. The first-order valence-electron chi connectivity index (χ1n) is 4.34. The highest BCUT2D eigenvalue weighted by molar-refractivity contribution is 5.97. The number of aliphatic imine (C=N–C) groups is 1. The van der Waals surface area contributed by atoms with Crippen LogP contribution in [0.5, 0.6) is 0 Å². The van der Waals surface area contributed by atoms with Gasteiger partial charge >= 0.3 is 0 Å². The Morgan fingerprint density at radius 3 is 2.64 bits per heavy atom. The lowest BCUT2D eigenvalue weighted by Gasteiger charge is -2.07. The molecular weight excluding hydrogens is 180 g/mol. The van der Waals surface area contributed by atoms with Crippen molar-refractivity contribution < 1.29 is 9.53 Å². The highest BCUT2D eigenvalue weighted by Crippen LogP contribution is 2.11. The summed E-state index contributed by atoms with van der Waals surface area (Å²) in [6.07, 6.45) is -0.0263. The summed E-state index contributed by atoms with van der Waals surface area (Å²) >= 11 is 0. The van der Waals surface area contributed by atoms with Gasteiger partial charge in [0.05, 0.1) is 0 Å². The Labute approximate surface area is 81.4 Å². The number of amidine groups is 1. The number of carbonyl (C=O) groups excluding carboxylic acids is 1. The first-order chi connectivity index (χ1) is 6.75. The van der Waals surface area contributed by atoms with Crippen LogP contribution in [0.4, 0.5) is 0 Å². The quantitative estimate of drug-likeness (QED) is 0.737. The molecule has 0 spiro atoms. The van der Waals surface area contributed by atoms with Crippen LogP contribution in [-0.4, -0.2) is 18.0 Å². The molecule has 1 aromatic rings. The lowest BCUT2D eigenvalue weighted by molar-refractivity contribution is -0.122. The van der Waals surface area contributed by atoms with Gasteiger partial charge < -0.3 is 10.5 Å². The molecule has 1 heterocycles. The van der Waals surface area contributed by atoms with Crippen LogP contribution in [0.3, 0.4) is 0 Å². The molecule has 0 saturated heterocycles. The number of hydrogen-bond donors (Lipinski definition) is 1. The van der Waals surface area contributed by atoms with E-state index in [0.29, 0.717) is 6.42 Å². The van der Waals surface area contributed by atoms with E-state index in [4.69, 9.17) is 10.5 Å². The van der Waals surface area contributed by atoms with E-state index in [1.807, 2.05) is 30.3 Å². The number of carbonyl (C=O) groups is 1. The monoisotopic (exact) mass is 190 g/mol. The van der Waals surface area contributed by atoms with Crippen LogP contribution in [0.2, 0.25) is 0 Å². The topological polar surface area (TPSA) is 64.7 Å². The molecular formula is C10H10N2O2. The third-order valence-electron chi connectivity index (χ3n) is 2.02. The number of nitrogens with zero attached hydrogens (tertiary/aromatic N) is 1. The summed E-state index contributed by atoms with van der Waals surface area (Å²) in [7, 11) is 0. The number of hydrogen-bond acceptors (Lipinski definition) is 3. The Bertz CT molecular complexity index is 373. The predicted molar refractivity (Wildman–Crippen MR) is 51.6 cm³/mol. The zero-order valence-corrected chi connectivity index (χ0v) is 7.51. The highest BCUT2D eigenvalue weighted by atomic mass is 16.5. The van der Waals surface area contributed by atoms with E-state index in [0.717, 1.165) is 5.56 Å². The second-order valence-corrected chi connectivity index (χ2v) is 3.08. The molecule has 72 valence electrons. The van der Waals surface area contributed by atoms with Gasteiger partial charge in [-0.3, -0.25) is 4.79 Å². The van der Waals surface area contributed by atoms with Crippen LogP contribution in [0, 0.1) is 0 Å². The zero-order valence-electron chi connectivity index (χ0n) is 7.51. The van der Waals surface area contributed by atoms with Gasteiger partial charge in [-0.15, -0.1) is 0 Å². The molecule has 1 aliphatic rings. The molecule has 0 aliphatic carbocycles. The van der Waals surface area contributed by atoms with Crippen molar-refractivity contribution in [2.45, 2.75) is 12.5 Å². The van der Waals surface area contributed by atoms with E-state index in [1.54, 1.807) is 0 Å². The van der Waals surface area contributed by atoms with Gasteiger partial charge in [-0.05, 0) is 5.56 Å². The van der Waals surface area contributed by atoms with Crippen LogP contribution in [0.15, 0.2) is 35.3 Å². The number of nitrogens with two attached hydrogens (primary N) is 1. The molecule has 1 amide bonds. The second-order valence-electron chi connectivity index (χ2n) is 3.08. The average Bonchev–Trinajstić information content (AvgIpc) is 2.47. The van der Waals surface area contributed by atoms with E-state index in [9.17, 15) is 4.79 Å². The van der Waals surface area contributed by atoms with E-state index >= 15 is 0 Å². The number of amides is 1. The minimum absolute atomic E-state index is 0.0315. The molecule has 1 aromatic carbocycles. The second kappa shape index (κ2) is 3.49. The Morgan fingerprint density at radius 2 is 2.07 bits per heavy atom. The van der Waals surface area contributed by atoms with Crippen molar-refractivity contribution in [3.63, 3.8) is 0 Å². The molecule has 4 nitrogen and oxygen atoms in total. The summed E-state index contributed by atoms with van der Waals surface area (Å²) in [5.41, 5.74) is 6.31. The van der Waals surface area contributed by atoms with Crippen molar-refractivity contribution in [3.05, 3.63) is 35.9 Å². The normalized spacial score (nSPS) is 20.4. The SMILES string of the molecule is NC1=NC(=O)[C@@H](Cc2ccccc2)O1. The Balaban J connectivity index is 2.04. The van der Waals surface area contributed by atoms with Gasteiger partial charge in [-0.25, -0.2) is 0 Å². The van der Waals surface area contributed by atoms with Gasteiger partial charge in [0.15, 0.2) is 6.10 Å². The van der Waals surface area contributed by atoms with Crippen LogP contribution < -0.4 is 5.73 Å². The van der Waals surface area contributed by atoms with Crippen molar-refractivity contribution in [1.82, 2.24) is 0 Å². The molecule has 2 rings (SSSR count). The van der Waals surface area contributed by atoms with E-state index < -0.39 is 6.10 Å². The number of rotatable bonds is 2. The molecule has 0 fully saturated rings. The minimum Gasteiger partial charge on any atom is -0.451 e. The smallest absolute Gasteiger partial charge is 0.291 e. The molecule has 0 aromatic heterocycles. The summed E-state index contributed by atoms with van der Waals surface area (Å²) in [6.45, 7) is 0. The summed E-state index contributed by atoms with van der Waals surface area (Å²) in [5, 5.41) is 0. The van der Waals surface area contributed by atoms with Gasteiger partial charge in [0.1, 0.15) is 0 Å². The fourth-order valence-corrected chi connectivity index (χ4v) is 1.36. The van der Waals surface area contributed by atoms with Gasteiger partial charge in [-0.2, -0.15) is 4.99 Å². The number of benzene rings is 1. The summed E-state index contributed by atoms with van der Waals surface area (Å²) in [5.74, 6) is -0.300.